The molecule has 0 spiro atoms. The number of benzene rings is 2. The number of nitrogens with zero attached hydrogens (tertiary/aromatic N) is 4. The van der Waals surface area contributed by atoms with Crippen LogP contribution < -0.4 is 4.90 Å². The van der Waals surface area contributed by atoms with Gasteiger partial charge in [0.1, 0.15) is 0 Å². The molecule has 0 unspecified atom stereocenters. The molecule has 0 aliphatic rings. The van der Waals surface area contributed by atoms with Crippen molar-refractivity contribution < 1.29 is 9.90 Å². The number of fused-ring (bicyclic) bond motifs is 1. The van der Waals surface area contributed by atoms with Gasteiger partial charge in [0.05, 0.1) is 16.8 Å². The molecule has 4 aromatic rings. The number of hydrogen-bond donors (Lipinski definition) is 1. The molecule has 2 aromatic carbocycles. The van der Waals surface area contributed by atoms with E-state index in [2.05, 4.69) is 10.1 Å². The number of anilines is 1. The average molecular weight is 372 g/mol. The van der Waals surface area contributed by atoms with Gasteiger partial charge in [-0.3, -0.25) is 0 Å². The molecule has 0 bridgehead atoms. The van der Waals surface area contributed by atoms with Crippen molar-refractivity contribution in [3.63, 3.8) is 0 Å². The van der Waals surface area contributed by atoms with Crippen LogP contribution in [0.3, 0.4) is 0 Å². The van der Waals surface area contributed by atoms with Crippen LogP contribution in [-0.4, -0.2) is 39.9 Å². The van der Waals surface area contributed by atoms with Crippen molar-refractivity contribution in [3.8, 4) is 16.8 Å². The van der Waals surface area contributed by atoms with Gasteiger partial charge in [-0.2, -0.15) is 5.10 Å². The van der Waals surface area contributed by atoms with Crippen molar-refractivity contribution in [3.05, 3.63) is 72.1 Å². The molecule has 2 heterocycles. The normalized spacial score (nSPS) is 11.0. The van der Waals surface area contributed by atoms with E-state index < -0.39 is 5.97 Å². The molecule has 0 atom stereocenters. The number of carboxylic acids is 1. The summed E-state index contributed by atoms with van der Waals surface area (Å²) in [6.45, 7) is 1.92. The maximum atomic E-state index is 11.7. The van der Waals surface area contributed by atoms with E-state index in [0.29, 0.717) is 5.65 Å². The minimum Gasteiger partial charge on any atom is -0.477 e. The van der Waals surface area contributed by atoms with Gasteiger partial charge in [-0.1, -0.05) is 30.3 Å². The Hall–Kier alpha value is -3.67. The van der Waals surface area contributed by atoms with Gasteiger partial charge < -0.3 is 10.0 Å². The summed E-state index contributed by atoms with van der Waals surface area (Å²) >= 11 is 0. The van der Waals surface area contributed by atoms with Crippen LogP contribution >= 0.6 is 0 Å². The lowest BCUT2D eigenvalue weighted by molar-refractivity contribution is 0.0691. The van der Waals surface area contributed by atoms with Crippen molar-refractivity contribution in [2.75, 3.05) is 19.0 Å². The van der Waals surface area contributed by atoms with E-state index in [1.807, 2.05) is 80.5 Å². The first kappa shape index (κ1) is 17.7. The molecule has 1 N–H and O–H groups in total. The van der Waals surface area contributed by atoms with Crippen molar-refractivity contribution >= 4 is 22.7 Å². The molecular weight excluding hydrogens is 352 g/mol. The van der Waals surface area contributed by atoms with E-state index in [-0.39, 0.29) is 5.69 Å². The fraction of sp³-hybridized carbons (Fsp3) is 0.136. The van der Waals surface area contributed by atoms with Gasteiger partial charge in [-0.05, 0) is 48.4 Å². The first-order chi connectivity index (χ1) is 13.5. The molecule has 0 radical (unpaired) electrons. The van der Waals surface area contributed by atoms with Crippen LogP contribution in [0.2, 0.25) is 0 Å². The van der Waals surface area contributed by atoms with Crippen LogP contribution in [-0.2, 0) is 0 Å². The van der Waals surface area contributed by atoms with Crippen molar-refractivity contribution in [1.82, 2.24) is 14.8 Å². The Bertz CT molecular complexity index is 1160. The van der Waals surface area contributed by atoms with E-state index >= 15 is 0 Å². The molecule has 140 valence electrons. The van der Waals surface area contributed by atoms with Crippen LogP contribution in [0.25, 0.3) is 27.8 Å². The fourth-order valence-corrected chi connectivity index (χ4v) is 3.31. The fourth-order valence-electron chi connectivity index (χ4n) is 3.31. The highest BCUT2D eigenvalue weighted by Crippen LogP contribution is 2.33. The van der Waals surface area contributed by atoms with Gasteiger partial charge in [0, 0.05) is 19.8 Å². The summed E-state index contributed by atoms with van der Waals surface area (Å²) in [5.41, 5.74) is 4.99. The van der Waals surface area contributed by atoms with Crippen molar-refractivity contribution in [2.45, 2.75) is 6.92 Å². The van der Waals surface area contributed by atoms with Crippen LogP contribution in [0.15, 0.2) is 60.7 Å². The second kappa shape index (κ2) is 6.81. The van der Waals surface area contributed by atoms with E-state index in [1.165, 1.54) is 0 Å². The molecule has 6 nitrogen and oxygen atoms in total. The Labute approximate surface area is 162 Å². The van der Waals surface area contributed by atoms with Gasteiger partial charge in [-0.25, -0.2) is 14.5 Å². The number of carboxylic acid groups (broad SMARTS) is 1. The minimum absolute atomic E-state index is 0.00346. The zero-order valence-electron chi connectivity index (χ0n) is 15.9. The van der Waals surface area contributed by atoms with Gasteiger partial charge in [0.25, 0.3) is 0 Å². The summed E-state index contributed by atoms with van der Waals surface area (Å²) in [5, 5.41) is 15.1. The summed E-state index contributed by atoms with van der Waals surface area (Å²) in [7, 11) is 3.96. The highest BCUT2D eigenvalue weighted by Gasteiger charge is 2.19. The zero-order valence-corrected chi connectivity index (χ0v) is 15.9. The predicted molar refractivity (Wildman–Crippen MR) is 110 cm³/mol. The molecule has 0 aliphatic heterocycles. The quantitative estimate of drug-likeness (QED) is 0.582. The molecule has 2 aromatic heterocycles. The molecule has 0 saturated carbocycles. The van der Waals surface area contributed by atoms with Crippen LogP contribution in [0.1, 0.15) is 16.2 Å². The smallest absolute Gasteiger partial charge is 0.354 e. The average Bonchev–Trinajstić information content (AvgIpc) is 3.05. The molecule has 6 heteroatoms. The standard InChI is InChI=1S/C22H20N4O2/c1-14-20-18(15-9-11-16(12-10-15)25(2)3)13-19(22(27)28)23-21(20)26(24-14)17-7-5-4-6-8-17/h4-13H,1-3H3,(H,27,28). The largest absolute Gasteiger partial charge is 0.477 e. The third-order valence-electron chi connectivity index (χ3n) is 4.73. The Morgan fingerprint density at radius 2 is 1.71 bits per heavy atom. The second-order valence-corrected chi connectivity index (χ2v) is 6.83. The number of rotatable bonds is 4. The number of carbonyl (C=O) groups is 1. The summed E-state index contributed by atoms with van der Waals surface area (Å²) in [5.74, 6) is -1.06. The lowest BCUT2D eigenvalue weighted by Gasteiger charge is -2.13. The van der Waals surface area contributed by atoms with Gasteiger partial charge in [0.2, 0.25) is 0 Å². The first-order valence-corrected chi connectivity index (χ1v) is 8.92. The molecule has 0 amide bonds. The maximum absolute atomic E-state index is 11.7. The highest BCUT2D eigenvalue weighted by atomic mass is 16.4. The predicted octanol–water partition coefficient (Wildman–Crippen LogP) is 4.16. The Balaban J connectivity index is 2.00. The number of hydrogen-bond acceptors (Lipinski definition) is 4. The zero-order chi connectivity index (χ0) is 19.8. The van der Waals surface area contributed by atoms with E-state index in [9.17, 15) is 9.90 Å². The van der Waals surface area contributed by atoms with Crippen molar-refractivity contribution in [1.29, 1.82) is 0 Å². The number of aromatic carboxylic acids is 1. The monoisotopic (exact) mass is 372 g/mol. The van der Waals surface area contributed by atoms with Crippen LogP contribution in [0.5, 0.6) is 0 Å². The maximum Gasteiger partial charge on any atom is 0.354 e. The van der Waals surface area contributed by atoms with Crippen LogP contribution in [0, 0.1) is 6.92 Å². The number of aromatic nitrogens is 3. The van der Waals surface area contributed by atoms with E-state index in [1.54, 1.807) is 10.7 Å². The van der Waals surface area contributed by atoms with Crippen LogP contribution in [0.4, 0.5) is 5.69 Å². The summed E-state index contributed by atoms with van der Waals surface area (Å²) in [6, 6.07) is 19.2. The van der Waals surface area contributed by atoms with E-state index in [4.69, 9.17) is 0 Å². The minimum atomic E-state index is -1.06. The molecular formula is C22H20N4O2. The molecule has 0 saturated heterocycles. The number of aryl methyl sites for hydroxylation is 1. The second-order valence-electron chi connectivity index (χ2n) is 6.83. The third-order valence-corrected chi connectivity index (χ3v) is 4.73. The molecule has 4 rings (SSSR count). The van der Waals surface area contributed by atoms with Crippen molar-refractivity contribution in [2.24, 2.45) is 0 Å². The summed E-state index contributed by atoms with van der Waals surface area (Å²) < 4.78 is 1.70. The highest BCUT2D eigenvalue weighted by molar-refractivity contribution is 6.00. The molecule has 0 aliphatic carbocycles. The molecule has 28 heavy (non-hydrogen) atoms. The Morgan fingerprint density at radius 3 is 2.32 bits per heavy atom. The SMILES string of the molecule is Cc1nn(-c2ccccc2)c2nc(C(=O)O)cc(-c3ccc(N(C)C)cc3)c12. The van der Waals surface area contributed by atoms with E-state index in [0.717, 1.165) is 33.6 Å². The lowest BCUT2D eigenvalue weighted by atomic mass is 10.0. The topological polar surface area (TPSA) is 71.2 Å². The number of para-hydroxylation sites is 1. The summed E-state index contributed by atoms with van der Waals surface area (Å²) in [6.07, 6.45) is 0. The van der Waals surface area contributed by atoms with Gasteiger partial charge in [0.15, 0.2) is 11.3 Å². The summed E-state index contributed by atoms with van der Waals surface area (Å²) in [4.78, 5) is 18.1. The number of pyridine rings is 1. The molecule has 0 fully saturated rings. The lowest BCUT2D eigenvalue weighted by Crippen LogP contribution is -2.08. The Morgan fingerprint density at radius 1 is 1.04 bits per heavy atom. The third kappa shape index (κ3) is 2.99. The van der Waals surface area contributed by atoms with Gasteiger partial charge in [-0.15, -0.1) is 0 Å². The first-order valence-electron chi connectivity index (χ1n) is 8.92. The van der Waals surface area contributed by atoms with Gasteiger partial charge >= 0.3 is 5.97 Å². The Kier molecular flexibility index (Phi) is 4.31.